The summed E-state index contributed by atoms with van der Waals surface area (Å²) in [5, 5.41) is 0. The van der Waals surface area contributed by atoms with Gasteiger partial charge in [0.15, 0.2) is 5.82 Å². The highest BCUT2D eigenvalue weighted by molar-refractivity contribution is 5.94. The molecule has 6 heteroatoms. The van der Waals surface area contributed by atoms with Crippen LogP contribution < -0.4 is 0 Å². The molecule has 2 aromatic rings. The predicted molar refractivity (Wildman–Crippen MR) is 73.5 cm³/mol. The molecule has 0 saturated heterocycles. The molecule has 2 aromatic heterocycles. The maximum absolute atomic E-state index is 13.7. The third-order valence-corrected chi connectivity index (χ3v) is 3.04. The van der Waals surface area contributed by atoms with Crippen molar-refractivity contribution in [3.05, 3.63) is 59.2 Å². The second-order valence-corrected chi connectivity index (χ2v) is 4.55. The van der Waals surface area contributed by atoms with Crippen LogP contribution in [0, 0.1) is 18.7 Å². The molecule has 0 bridgehead atoms. The molecule has 0 aliphatic carbocycles. The van der Waals surface area contributed by atoms with E-state index in [2.05, 4.69) is 9.97 Å². The van der Waals surface area contributed by atoms with E-state index in [1.165, 1.54) is 11.0 Å². The lowest BCUT2D eigenvalue weighted by molar-refractivity contribution is 0.0744. The van der Waals surface area contributed by atoms with Crippen molar-refractivity contribution in [1.82, 2.24) is 14.9 Å². The molecule has 110 valence electrons. The highest BCUT2D eigenvalue weighted by Crippen LogP contribution is 2.14. The first-order valence-corrected chi connectivity index (χ1v) is 6.54. The Bertz CT molecular complexity index is 661. The standard InChI is InChI=1S/C15H15F2N3O/c1-3-20(9-11-6-4-5-10(2)19-11)15(21)12-7-8-18-14(17)13(12)16/h4-8H,3,9H2,1-2H3. The molecule has 0 saturated carbocycles. The Morgan fingerprint density at radius 3 is 2.71 bits per heavy atom. The van der Waals surface area contributed by atoms with Crippen LogP contribution in [0.5, 0.6) is 0 Å². The molecule has 0 spiro atoms. The smallest absolute Gasteiger partial charge is 0.257 e. The lowest BCUT2D eigenvalue weighted by Gasteiger charge is -2.21. The van der Waals surface area contributed by atoms with Gasteiger partial charge in [0.05, 0.1) is 17.8 Å². The molecule has 0 N–H and O–H groups in total. The molecule has 2 rings (SSSR count). The summed E-state index contributed by atoms with van der Waals surface area (Å²) in [6, 6.07) is 6.64. The first kappa shape index (κ1) is 15.0. The molecule has 0 atom stereocenters. The van der Waals surface area contributed by atoms with Gasteiger partial charge in [-0.3, -0.25) is 9.78 Å². The van der Waals surface area contributed by atoms with Gasteiger partial charge in [-0.2, -0.15) is 4.39 Å². The summed E-state index contributed by atoms with van der Waals surface area (Å²) in [7, 11) is 0. The minimum absolute atomic E-state index is 0.237. The topological polar surface area (TPSA) is 46.1 Å². The van der Waals surface area contributed by atoms with Crippen molar-refractivity contribution in [2.45, 2.75) is 20.4 Å². The number of nitrogens with zero attached hydrogens (tertiary/aromatic N) is 3. The molecular weight excluding hydrogens is 276 g/mol. The van der Waals surface area contributed by atoms with E-state index < -0.39 is 17.7 Å². The van der Waals surface area contributed by atoms with Gasteiger partial charge in [0, 0.05) is 18.4 Å². The Morgan fingerprint density at radius 1 is 1.29 bits per heavy atom. The first-order chi connectivity index (χ1) is 10.0. The fourth-order valence-electron chi connectivity index (χ4n) is 1.96. The lowest BCUT2D eigenvalue weighted by atomic mass is 10.2. The highest BCUT2D eigenvalue weighted by Gasteiger charge is 2.21. The maximum Gasteiger partial charge on any atom is 0.257 e. The number of amides is 1. The zero-order chi connectivity index (χ0) is 15.4. The van der Waals surface area contributed by atoms with Gasteiger partial charge in [-0.1, -0.05) is 6.07 Å². The van der Waals surface area contributed by atoms with E-state index in [0.717, 1.165) is 11.9 Å². The van der Waals surface area contributed by atoms with Crippen LogP contribution in [0.4, 0.5) is 8.78 Å². The second kappa shape index (κ2) is 6.39. The quantitative estimate of drug-likeness (QED) is 0.814. The minimum atomic E-state index is -1.27. The zero-order valence-corrected chi connectivity index (χ0v) is 11.8. The average Bonchev–Trinajstić information content (AvgIpc) is 2.47. The van der Waals surface area contributed by atoms with Crippen molar-refractivity contribution in [1.29, 1.82) is 0 Å². The maximum atomic E-state index is 13.7. The van der Waals surface area contributed by atoms with Crippen molar-refractivity contribution in [2.75, 3.05) is 6.54 Å². The number of carbonyl (C=O) groups excluding carboxylic acids is 1. The van der Waals surface area contributed by atoms with Crippen LogP contribution in [-0.2, 0) is 6.54 Å². The van der Waals surface area contributed by atoms with E-state index >= 15 is 0 Å². The van der Waals surface area contributed by atoms with Crippen molar-refractivity contribution in [3.63, 3.8) is 0 Å². The molecular formula is C15H15F2N3O. The fraction of sp³-hybridized carbons (Fsp3) is 0.267. The van der Waals surface area contributed by atoms with E-state index in [-0.39, 0.29) is 12.1 Å². The molecule has 2 heterocycles. The lowest BCUT2D eigenvalue weighted by Crippen LogP contribution is -2.31. The Morgan fingerprint density at radius 2 is 2.05 bits per heavy atom. The molecule has 0 unspecified atom stereocenters. The van der Waals surface area contributed by atoms with Gasteiger partial charge in [0.25, 0.3) is 5.91 Å². The molecule has 0 fully saturated rings. The predicted octanol–water partition coefficient (Wildman–Crippen LogP) is 2.73. The molecule has 0 aliphatic rings. The average molecular weight is 291 g/mol. The van der Waals surface area contributed by atoms with Crippen LogP contribution in [0.1, 0.15) is 28.7 Å². The highest BCUT2D eigenvalue weighted by atomic mass is 19.2. The Labute approximate surface area is 121 Å². The summed E-state index contributed by atoms with van der Waals surface area (Å²) < 4.78 is 26.8. The van der Waals surface area contributed by atoms with E-state index in [1.807, 2.05) is 19.1 Å². The summed E-state index contributed by atoms with van der Waals surface area (Å²) in [5.41, 5.74) is 1.20. The van der Waals surface area contributed by atoms with Crippen LogP contribution >= 0.6 is 0 Å². The second-order valence-electron chi connectivity index (χ2n) is 4.55. The van der Waals surface area contributed by atoms with Crippen LogP contribution in [0.25, 0.3) is 0 Å². The summed E-state index contributed by atoms with van der Waals surface area (Å²) in [6.07, 6.45) is 1.07. The Balaban J connectivity index is 2.25. The number of carbonyl (C=O) groups is 1. The van der Waals surface area contributed by atoms with Crippen molar-refractivity contribution in [3.8, 4) is 0 Å². The molecule has 0 aliphatic heterocycles. The number of aryl methyl sites for hydroxylation is 1. The number of hydrogen-bond acceptors (Lipinski definition) is 3. The Hall–Kier alpha value is -2.37. The van der Waals surface area contributed by atoms with Crippen LogP contribution in [0.3, 0.4) is 0 Å². The van der Waals surface area contributed by atoms with Crippen LogP contribution in [0.2, 0.25) is 0 Å². The number of hydrogen-bond donors (Lipinski definition) is 0. The summed E-state index contributed by atoms with van der Waals surface area (Å²) >= 11 is 0. The van der Waals surface area contributed by atoms with E-state index in [0.29, 0.717) is 12.2 Å². The van der Waals surface area contributed by atoms with E-state index in [9.17, 15) is 13.6 Å². The van der Waals surface area contributed by atoms with Crippen LogP contribution in [-0.4, -0.2) is 27.3 Å². The van der Waals surface area contributed by atoms with Gasteiger partial charge in [0.2, 0.25) is 5.95 Å². The summed E-state index contributed by atoms with van der Waals surface area (Å²) in [6.45, 7) is 4.21. The molecule has 21 heavy (non-hydrogen) atoms. The van der Waals surface area contributed by atoms with Crippen LogP contribution in [0.15, 0.2) is 30.5 Å². The van der Waals surface area contributed by atoms with Gasteiger partial charge >= 0.3 is 0 Å². The number of halogens is 2. The first-order valence-electron chi connectivity index (χ1n) is 6.54. The molecule has 1 amide bonds. The van der Waals surface area contributed by atoms with Gasteiger partial charge in [0.1, 0.15) is 0 Å². The van der Waals surface area contributed by atoms with E-state index in [1.54, 1.807) is 13.0 Å². The third-order valence-electron chi connectivity index (χ3n) is 3.04. The Kier molecular flexibility index (Phi) is 4.57. The minimum Gasteiger partial charge on any atom is -0.333 e. The SMILES string of the molecule is CCN(Cc1cccc(C)n1)C(=O)c1ccnc(F)c1F. The summed E-state index contributed by atoms with van der Waals surface area (Å²) in [5.74, 6) is -3.08. The van der Waals surface area contributed by atoms with Gasteiger partial charge in [-0.15, -0.1) is 0 Å². The van der Waals surface area contributed by atoms with Crippen molar-refractivity contribution >= 4 is 5.91 Å². The zero-order valence-electron chi connectivity index (χ0n) is 11.8. The molecule has 4 nitrogen and oxygen atoms in total. The van der Waals surface area contributed by atoms with E-state index in [4.69, 9.17) is 0 Å². The van der Waals surface area contributed by atoms with Gasteiger partial charge < -0.3 is 4.90 Å². The fourth-order valence-corrected chi connectivity index (χ4v) is 1.96. The number of pyridine rings is 2. The third kappa shape index (κ3) is 3.39. The largest absolute Gasteiger partial charge is 0.333 e. The van der Waals surface area contributed by atoms with Gasteiger partial charge in [-0.05, 0) is 32.0 Å². The number of aromatic nitrogens is 2. The van der Waals surface area contributed by atoms with Gasteiger partial charge in [-0.25, -0.2) is 9.37 Å². The van der Waals surface area contributed by atoms with Crippen molar-refractivity contribution in [2.24, 2.45) is 0 Å². The number of rotatable bonds is 4. The summed E-state index contributed by atoms with van der Waals surface area (Å²) in [4.78, 5) is 21.2. The monoisotopic (exact) mass is 291 g/mol. The molecule has 0 aromatic carbocycles. The normalized spacial score (nSPS) is 10.5. The van der Waals surface area contributed by atoms with Crippen molar-refractivity contribution < 1.29 is 13.6 Å². The molecule has 0 radical (unpaired) electrons.